The van der Waals surface area contributed by atoms with Gasteiger partial charge in [0.05, 0.1) is 23.6 Å². The van der Waals surface area contributed by atoms with Crippen LogP contribution in [0.1, 0.15) is 0 Å². The van der Waals surface area contributed by atoms with E-state index in [0.717, 1.165) is 17.4 Å². The van der Waals surface area contributed by atoms with Crippen LogP contribution in [0, 0.1) is 0 Å². The predicted molar refractivity (Wildman–Crippen MR) is 94.5 cm³/mol. The first-order valence-electron chi connectivity index (χ1n) is 7.14. The number of nitrogens with zero attached hydrogens (tertiary/aromatic N) is 2. The summed E-state index contributed by atoms with van der Waals surface area (Å²) in [4.78, 5) is 13.9. The van der Waals surface area contributed by atoms with Crippen LogP contribution >= 0.6 is 24.0 Å². The molecule has 7 nitrogen and oxygen atoms in total. The van der Waals surface area contributed by atoms with Gasteiger partial charge < -0.3 is 15.0 Å². The van der Waals surface area contributed by atoms with Crippen LogP contribution in [0.25, 0.3) is 0 Å². The van der Waals surface area contributed by atoms with Gasteiger partial charge >= 0.3 is 0 Å². The topological polar surface area (TPSA) is 79.0 Å². The van der Waals surface area contributed by atoms with Crippen LogP contribution in [-0.4, -0.2) is 70.4 Å². The smallest absolute Gasteiger partial charge is 0.243 e. The van der Waals surface area contributed by atoms with E-state index < -0.39 is 10.0 Å². The van der Waals surface area contributed by atoms with Crippen LogP contribution in [0.2, 0.25) is 5.02 Å². The van der Waals surface area contributed by atoms with Gasteiger partial charge in [0, 0.05) is 33.2 Å². The molecule has 1 aliphatic heterocycles. The van der Waals surface area contributed by atoms with E-state index in [2.05, 4.69) is 5.32 Å². The number of ether oxygens (including phenoxy) is 1. The predicted octanol–water partition coefficient (Wildman–Crippen LogP) is 0.823. The molecule has 0 spiro atoms. The molecular weight excluding hydrogens is 377 g/mol. The lowest BCUT2D eigenvalue weighted by Gasteiger charge is -2.29. The molecule has 1 heterocycles. The summed E-state index contributed by atoms with van der Waals surface area (Å²) in [6.07, 6.45) is 0. The zero-order valence-corrected chi connectivity index (χ0v) is 15.9. The molecule has 0 aliphatic carbocycles. The minimum atomic E-state index is -3.79. The van der Waals surface area contributed by atoms with E-state index in [-0.39, 0.29) is 34.8 Å². The van der Waals surface area contributed by atoms with Gasteiger partial charge in [0.1, 0.15) is 5.75 Å². The Balaban J connectivity index is 0.00000288. The van der Waals surface area contributed by atoms with Crippen LogP contribution in [0.4, 0.5) is 0 Å². The molecule has 1 aromatic rings. The second-order valence-electron chi connectivity index (χ2n) is 5.19. The van der Waals surface area contributed by atoms with Gasteiger partial charge in [0.25, 0.3) is 0 Å². The maximum absolute atomic E-state index is 12.5. The molecular formula is C14H21Cl2N3O4S. The molecule has 1 N–H and O–H groups in total. The highest BCUT2D eigenvalue weighted by molar-refractivity contribution is 7.89. The lowest BCUT2D eigenvalue weighted by molar-refractivity contribution is -0.131. The third-order valence-electron chi connectivity index (χ3n) is 3.66. The fourth-order valence-electron chi connectivity index (χ4n) is 2.28. The summed E-state index contributed by atoms with van der Waals surface area (Å²) < 4.78 is 31.1. The van der Waals surface area contributed by atoms with Crippen molar-refractivity contribution in [2.75, 3.05) is 46.9 Å². The van der Waals surface area contributed by atoms with Crippen molar-refractivity contribution in [2.24, 2.45) is 0 Å². The molecule has 0 bridgehead atoms. The molecule has 1 aliphatic rings. The Labute approximate surface area is 153 Å². The molecule has 0 unspecified atom stereocenters. The number of benzene rings is 1. The number of nitrogens with one attached hydrogen (secondary N) is 1. The number of sulfonamides is 1. The maximum atomic E-state index is 12.5. The minimum absolute atomic E-state index is 0. The number of halogens is 2. The molecule has 1 amide bonds. The molecule has 0 atom stereocenters. The number of likely N-dealkylation sites (N-methyl/N-ethyl adjacent to an activating group) is 1. The number of piperazine rings is 1. The lowest BCUT2D eigenvalue weighted by atomic mass is 10.3. The Morgan fingerprint density at radius 3 is 2.54 bits per heavy atom. The molecule has 0 aromatic heterocycles. The van der Waals surface area contributed by atoms with E-state index in [4.69, 9.17) is 16.3 Å². The molecule has 0 radical (unpaired) electrons. The van der Waals surface area contributed by atoms with E-state index >= 15 is 0 Å². The van der Waals surface area contributed by atoms with E-state index in [1.165, 1.54) is 32.4 Å². The highest BCUT2D eigenvalue weighted by atomic mass is 35.5. The van der Waals surface area contributed by atoms with Crippen molar-refractivity contribution in [3.8, 4) is 5.75 Å². The average molecular weight is 398 g/mol. The average Bonchev–Trinajstić information content (AvgIpc) is 2.55. The molecule has 2 rings (SSSR count). The van der Waals surface area contributed by atoms with Gasteiger partial charge in [-0.1, -0.05) is 11.6 Å². The summed E-state index contributed by atoms with van der Waals surface area (Å²) in [5.41, 5.74) is 0. The van der Waals surface area contributed by atoms with Gasteiger partial charge in [-0.3, -0.25) is 4.79 Å². The third-order valence-corrected chi connectivity index (χ3v) is 5.75. The zero-order valence-electron chi connectivity index (χ0n) is 13.5. The zero-order chi connectivity index (χ0) is 17.0. The Morgan fingerprint density at radius 2 is 2.00 bits per heavy atom. The SMILES string of the molecule is COc1ccc(S(=O)(=O)N(C)CC(=O)N2CCNCC2)cc1Cl.Cl. The van der Waals surface area contributed by atoms with Gasteiger partial charge in [-0.25, -0.2) is 8.42 Å². The fourth-order valence-corrected chi connectivity index (χ4v) is 3.75. The largest absolute Gasteiger partial charge is 0.495 e. The third kappa shape index (κ3) is 4.73. The summed E-state index contributed by atoms with van der Waals surface area (Å²) in [5, 5.41) is 3.35. The van der Waals surface area contributed by atoms with Crippen LogP contribution in [0.3, 0.4) is 0 Å². The van der Waals surface area contributed by atoms with Crippen molar-refractivity contribution >= 4 is 39.9 Å². The Morgan fingerprint density at radius 1 is 1.38 bits per heavy atom. The van der Waals surface area contributed by atoms with Crippen molar-refractivity contribution in [2.45, 2.75) is 4.90 Å². The van der Waals surface area contributed by atoms with Crippen molar-refractivity contribution < 1.29 is 17.9 Å². The molecule has 0 saturated carbocycles. The molecule has 1 saturated heterocycles. The number of hydrogen-bond acceptors (Lipinski definition) is 5. The van der Waals surface area contributed by atoms with Gasteiger partial charge in [-0.2, -0.15) is 4.31 Å². The normalized spacial score (nSPS) is 15.1. The Hall–Kier alpha value is -1.06. The lowest BCUT2D eigenvalue weighted by Crippen LogP contribution is -2.49. The molecule has 1 aromatic carbocycles. The molecule has 10 heteroatoms. The van der Waals surface area contributed by atoms with Crippen molar-refractivity contribution in [3.05, 3.63) is 23.2 Å². The van der Waals surface area contributed by atoms with Crippen molar-refractivity contribution in [3.63, 3.8) is 0 Å². The van der Waals surface area contributed by atoms with Crippen molar-refractivity contribution in [1.82, 2.24) is 14.5 Å². The molecule has 136 valence electrons. The quantitative estimate of drug-likeness (QED) is 0.795. The second kappa shape index (κ2) is 8.87. The highest BCUT2D eigenvalue weighted by Crippen LogP contribution is 2.28. The summed E-state index contributed by atoms with van der Waals surface area (Å²) in [7, 11) is -0.955. The number of amides is 1. The summed E-state index contributed by atoms with van der Waals surface area (Å²) in [5.74, 6) is 0.183. The first-order chi connectivity index (χ1) is 10.9. The van der Waals surface area contributed by atoms with Gasteiger partial charge in [-0.05, 0) is 18.2 Å². The summed E-state index contributed by atoms with van der Waals surface area (Å²) in [6, 6.07) is 4.22. The highest BCUT2D eigenvalue weighted by Gasteiger charge is 2.26. The number of rotatable bonds is 5. The van der Waals surface area contributed by atoms with Gasteiger partial charge in [0.2, 0.25) is 15.9 Å². The number of methoxy groups -OCH3 is 1. The molecule has 24 heavy (non-hydrogen) atoms. The van der Waals surface area contributed by atoms with E-state index in [0.29, 0.717) is 18.8 Å². The molecule has 1 fully saturated rings. The van der Waals surface area contributed by atoms with Crippen LogP contribution < -0.4 is 10.1 Å². The van der Waals surface area contributed by atoms with E-state index in [1.807, 2.05) is 0 Å². The maximum Gasteiger partial charge on any atom is 0.243 e. The summed E-state index contributed by atoms with van der Waals surface area (Å²) in [6.45, 7) is 2.40. The Bertz CT molecular complexity index is 679. The summed E-state index contributed by atoms with van der Waals surface area (Å²) >= 11 is 5.98. The first-order valence-corrected chi connectivity index (χ1v) is 8.96. The van der Waals surface area contributed by atoms with Crippen molar-refractivity contribution in [1.29, 1.82) is 0 Å². The Kier molecular flexibility index (Phi) is 7.75. The van der Waals surface area contributed by atoms with Crippen LogP contribution in [0.5, 0.6) is 5.75 Å². The fraction of sp³-hybridized carbons (Fsp3) is 0.500. The van der Waals surface area contributed by atoms with E-state index in [1.54, 1.807) is 4.90 Å². The van der Waals surface area contributed by atoms with Crippen LogP contribution in [0.15, 0.2) is 23.1 Å². The number of carbonyl (C=O) groups excluding carboxylic acids is 1. The number of hydrogen-bond donors (Lipinski definition) is 1. The monoisotopic (exact) mass is 397 g/mol. The number of carbonyl (C=O) groups is 1. The van der Waals surface area contributed by atoms with Gasteiger partial charge in [0.15, 0.2) is 0 Å². The van der Waals surface area contributed by atoms with Crippen LogP contribution in [-0.2, 0) is 14.8 Å². The minimum Gasteiger partial charge on any atom is -0.495 e. The van der Waals surface area contributed by atoms with E-state index in [9.17, 15) is 13.2 Å². The second-order valence-corrected chi connectivity index (χ2v) is 7.64. The standard InChI is InChI=1S/C14H20ClN3O4S.ClH/c1-17(10-14(19)18-7-5-16-6-8-18)23(20,21)11-3-4-13(22-2)12(15)9-11;/h3-4,9,16H,5-8,10H2,1-2H3;1H. The first kappa shape index (κ1) is 21.0. The van der Waals surface area contributed by atoms with Gasteiger partial charge in [-0.15, -0.1) is 12.4 Å².